The van der Waals surface area contributed by atoms with E-state index in [0.717, 1.165) is 17.1 Å². The number of hydrogen-bond acceptors (Lipinski definition) is 5. The molecule has 2 aromatic rings. The summed E-state index contributed by atoms with van der Waals surface area (Å²) in [6, 6.07) is 0.298. The first-order valence-electron chi connectivity index (χ1n) is 8.36. The van der Waals surface area contributed by atoms with Crippen LogP contribution in [0.5, 0.6) is 0 Å². The van der Waals surface area contributed by atoms with E-state index in [4.69, 9.17) is 4.74 Å². The highest BCUT2D eigenvalue weighted by Crippen LogP contribution is 2.29. The second-order valence-electron chi connectivity index (χ2n) is 6.51. The lowest BCUT2D eigenvalue weighted by atomic mass is 9.99. The Bertz CT molecular complexity index is 720. The van der Waals surface area contributed by atoms with Gasteiger partial charge < -0.3 is 14.6 Å². The standard InChI is InChI=1S/C16H24N6O2/c1-9(2)22-8-18-19-13(22)5-6-17-16(23)15-12-7-10(3)24-11(4)14(12)20-21-15/h8-11H,5-7H2,1-4H3,(H,17,23)(H,20,21)/t10-,11+/m0/s1. The summed E-state index contributed by atoms with van der Waals surface area (Å²) in [6.45, 7) is 8.62. The summed E-state index contributed by atoms with van der Waals surface area (Å²) in [6.07, 6.45) is 3.06. The van der Waals surface area contributed by atoms with E-state index in [2.05, 4.69) is 39.6 Å². The van der Waals surface area contributed by atoms with Gasteiger partial charge in [-0.05, 0) is 27.7 Å². The second kappa shape index (κ2) is 6.72. The maximum Gasteiger partial charge on any atom is 0.272 e. The van der Waals surface area contributed by atoms with Crippen molar-refractivity contribution in [1.82, 2.24) is 30.3 Å². The monoisotopic (exact) mass is 332 g/mol. The van der Waals surface area contributed by atoms with Crippen LogP contribution in [0.15, 0.2) is 6.33 Å². The Morgan fingerprint density at radius 3 is 3.04 bits per heavy atom. The van der Waals surface area contributed by atoms with Gasteiger partial charge in [-0.1, -0.05) is 0 Å². The van der Waals surface area contributed by atoms with Crippen LogP contribution >= 0.6 is 0 Å². The number of rotatable bonds is 5. The van der Waals surface area contributed by atoms with Crippen molar-refractivity contribution in [3.63, 3.8) is 0 Å². The first kappa shape index (κ1) is 16.6. The number of H-pyrrole nitrogens is 1. The molecule has 3 heterocycles. The molecule has 1 aliphatic heterocycles. The zero-order valence-electron chi connectivity index (χ0n) is 14.5. The predicted octanol–water partition coefficient (Wildman–Crippen LogP) is 1.58. The number of fused-ring (bicyclic) bond motifs is 1. The number of aromatic nitrogens is 5. The largest absolute Gasteiger partial charge is 0.369 e. The number of nitrogens with zero attached hydrogens (tertiary/aromatic N) is 4. The number of hydrogen-bond donors (Lipinski definition) is 2. The molecule has 1 amide bonds. The van der Waals surface area contributed by atoms with Crippen LogP contribution in [-0.2, 0) is 17.6 Å². The van der Waals surface area contributed by atoms with Crippen molar-refractivity contribution in [2.24, 2.45) is 0 Å². The lowest BCUT2D eigenvalue weighted by Gasteiger charge is -2.25. The van der Waals surface area contributed by atoms with Crippen molar-refractivity contribution < 1.29 is 9.53 Å². The molecule has 0 saturated heterocycles. The van der Waals surface area contributed by atoms with Crippen LogP contribution in [0.3, 0.4) is 0 Å². The lowest BCUT2D eigenvalue weighted by molar-refractivity contribution is -0.00697. The summed E-state index contributed by atoms with van der Waals surface area (Å²) in [7, 11) is 0. The normalized spacial score (nSPS) is 20.2. The molecule has 2 N–H and O–H groups in total. The van der Waals surface area contributed by atoms with Crippen molar-refractivity contribution >= 4 is 5.91 Å². The fourth-order valence-electron chi connectivity index (χ4n) is 3.11. The van der Waals surface area contributed by atoms with Crippen molar-refractivity contribution in [2.75, 3.05) is 6.54 Å². The number of nitrogens with one attached hydrogen (secondary N) is 2. The van der Waals surface area contributed by atoms with Gasteiger partial charge in [-0.3, -0.25) is 9.89 Å². The zero-order valence-corrected chi connectivity index (χ0v) is 14.5. The molecule has 0 saturated carbocycles. The molecule has 24 heavy (non-hydrogen) atoms. The van der Waals surface area contributed by atoms with Crippen molar-refractivity contribution in [1.29, 1.82) is 0 Å². The molecule has 8 heteroatoms. The molecular formula is C16H24N6O2. The first-order valence-corrected chi connectivity index (χ1v) is 8.36. The Labute approximate surface area is 141 Å². The Kier molecular flexibility index (Phi) is 4.66. The number of ether oxygens (including phenoxy) is 1. The zero-order chi connectivity index (χ0) is 17.3. The van der Waals surface area contributed by atoms with E-state index in [9.17, 15) is 4.79 Å². The van der Waals surface area contributed by atoms with E-state index < -0.39 is 0 Å². The molecule has 130 valence electrons. The molecule has 8 nitrogen and oxygen atoms in total. The molecular weight excluding hydrogens is 308 g/mol. The molecule has 1 aliphatic rings. The summed E-state index contributed by atoms with van der Waals surface area (Å²) in [4.78, 5) is 12.5. The molecule has 3 rings (SSSR count). The summed E-state index contributed by atoms with van der Waals surface area (Å²) >= 11 is 0. The summed E-state index contributed by atoms with van der Waals surface area (Å²) in [5, 5.41) is 18.1. The minimum absolute atomic E-state index is 0.0672. The lowest BCUT2D eigenvalue weighted by Crippen LogP contribution is -2.29. The summed E-state index contributed by atoms with van der Waals surface area (Å²) in [5.41, 5.74) is 2.33. The predicted molar refractivity (Wildman–Crippen MR) is 87.7 cm³/mol. The fraction of sp³-hybridized carbons (Fsp3) is 0.625. The van der Waals surface area contributed by atoms with E-state index in [1.807, 2.05) is 18.4 Å². The number of carbonyl (C=O) groups excluding carboxylic acids is 1. The Balaban J connectivity index is 1.63. The van der Waals surface area contributed by atoms with E-state index in [0.29, 0.717) is 31.1 Å². The van der Waals surface area contributed by atoms with Gasteiger partial charge in [-0.25, -0.2) is 0 Å². The van der Waals surface area contributed by atoms with Gasteiger partial charge in [0, 0.05) is 31.0 Å². The maximum atomic E-state index is 12.5. The van der Waals surface area contributed by atoms with Crippen LogP contribution in [0.2, 0.25) is 0 Å². The van der Waals surface area contributed by atoms with Crippen molar-refractivity contribution in [3.05, 3.63) is 29.1 Å². The van der Waals surface area contributed by atoms with E-state index >= 15 is 0 Å². The number of amides is 1. The summed E-state index contributed by atoms with van der Waals surface area (Å²) in [5.74, 6) is 0.703. The first-order chi connectivity index (χ1) is 11.5. The smallest absolute Gasteiger partial charge is 0.272 e. The van der Waals surface area contributed by atoms with Gasteiger partial charge in [-0.15, -0.1) is 10.2 Å². The van der Waals surface area contributed by atoms with Crippen molar-refractivity contribution in [2.45, 2.75) is 58.8 Å². The minimum Gasteiger partial charge on any atom is -0.369 e. The quantitative estimate of drug-likeness (QED) is 0.866. The van der Waals surface area contributed by atoms with Crippen LogP contribution in [0.25, 0.3) is 0 Å². The summed E-state index contributed by atoms with van der Waals surface area (Å²) < 4.78 is 7.75. The van der Waals surface area contributed by atoms with Gasteiger partial charge in [0.1, 0.15) is 12.2 Å². The second-order valence-corrected chi connectivity index (χ2v) is 6.51. The van der Waals surface area contributed by atoms with Crippen LogP contribution in [0.1, 0.15) is 67.4 Å². The molecule has 0 aliphatic carbocycles. The Morgan fingerprint density at radius 1 is 1.50 bits per heavy atom. The minimum atomic E-state index is -0.163. The molecule has 2 aromatic heterocycles. The Morgan fingerprint density at radius 2 is 2.29 bits per heavy atom. The van der Waals surface area contributed by atoms with Gasteiger partial charge in [0.2, 0.25) is 0 Å². The van der Waals surface area contributed by atoms with Crippen LogP contribution in [0.4, 0.5) is 0 Å². The third-order valence-corrected chi connectivity index (χ3v) is 4.29. The van der Waals surface area contributed by atoms with Gasteiger partial charge in [-0.2, -0.15) is 5.10 Å². The molecule has 2 atom stereocenters. The highest BCUT2D eigenvalue weighted by Gasteiger charge is 2.29. The van der Waals surface area contributed by atoms with Crippen LogP contribution in [0, 0.1) is 0 Å². The molecule has 0 bridgehead atoms. The average Bonchev–Trinajstić information content (AvgIpc) is 3.13. The third kappa shape index (κ3) is 3.19. The van der Waals surface area contributed by atoms with Crippen molar-refractivity contribution in [3.8, 4) is 0 Å². The van der Waals surface area contributed by atoms with Gasteiger partial charge >= 0.3 is 0 Å². The van der Waals surface area contributed by atoms with Crippen LogP contribution in [-0.4, -0.2) is 43.5 Å². The molecule has 0 unspecified atom stereocenters. The fourth-order valence-corrected chi connectivity index (χ4v) is 3.11. The number of aromatic amines is 1. The molecule has 0 spiro atoms. The molecule has 0 fully saturated rings. The highest BCUT2D eigenvalue weighted by molar-refractivity contribution is 5.94. The van der Waals surface area contributed by atoms with Crippen LogP contribution < -0.4 is 5.32 Å². The maximum absolute atomic E-state index is 12.5. The number of carbonyl (C=O) groups is 1. The molecule has 0 radical (unpaired) electrons. The van der Waals surface area contributed by atoms with Gasteiger partial charge in [0.05, 0.1) is 17.9 Å². The Hall–Kier alpha value is -2.22. The third-order valence-electron chi connectivity index (χ3n) is 4.29. The van der Waals surface area contributed by atoms with E-state index in [-0.39, 0.29) is 18.1 Å². The van der Waals surface area contributed by atoms with E-state index in [1.165, 1.54) is 0 Å². The average molecular weight is 332 g/mol. The molecule has 0 aromatic carbocycles. The van der Waals surface area contributed by atoms with E-state index in [1.54, 1.807) is 6.33 Å². The SMILES string of the molecule is CC(C)n1cnnc1CCNC(=O)c1n[nH]c2c1C[C@H](C)O[C@@H]2C. The van der Waals surface area contributed by atoms with Gasteiger partial charge in [0.15, 0.2) is 5.69 Å². The van der Waals surface area contributed by atoms with Gasteiger partial charge in [0.25, 0.3) is 5.91 Å². The highest BCUT2D eigenvalue weighted by atomic mass is 16.5. The topological polar surface area (TPSA) is 97.7 Å².